The molecule has 2 rings (SSSR count). The van der Waals surface area contributed by atoms with Crippen molar-refractivity contribution < 1.29 is 15.0 Å². The first-order valence-corrected chi connectivity index (χ1v) is 6.89. The molecular weight excluding hydrogens is 242 g/mol. The molecule has 0 aromatic heterocycles. The molecule has 0 bridgehead atoms. The Morgan fingerprint density at radius 2 is 2.11 bits per heavy atom. The maximum atomic E-state index is 11.2. The van der Waals surface area contributed by atoms with Crippen molar-refractivity contribution in [2.45, 2.75) is 32.2 Å². The van der Waals surface area contributed by atoms with Gasteiger partial charge in [0, 0.05) is 19.7 Å². The predicted octanol–water partition coefficient (Wildman–Crippen LogP) is 1.91. The summed E-state index contributed by atoms with van der Waals surface area (Å²) in [5.74, 6) is -0.826. The van der Waals surface area contributed by atoms with E-state index in [2.05, 4.69) is 4.90 Å². The zero-order chi connectivity index (χ0) is 13.7. The van der Waals surface area contributed by atoms with Gasteiger partial charge in [-0.1, -0.05) is 12.1 Å². The van der Waals surface area contributed by atoms with E-state index in [0.29, 0.717) is 5.56 Å². The fraction of sp³-hybridized carbons (Fsp3) is 0.533. The van der Waals surface area contributed by atoms with Crippen LogP contribution in [0.1, 0.15) is 40.7 Å². The van der Waals surface area contributed by atoms with Crippen LogP contribution in [-0.2, 0) is 13.0 Å². The number of hydrogen-bond donors (Lipinski definition) is 2. The van der Waals surface area contributed by atoms with E-state index in [1.54, 1.807) is 6.07 Å². The molecule has 0 saturated carbocycles. The van der Waals surface area contributed by atoms with E-state index in [9.17, 15) is 4.79 Å². The van der Waals surface area contributed by atoms with Gasteiger partial charge in [-0.15, -0.1) is 0 Å². The van der Waals surface area contributed by atoms with Crippen molar-refractivity contribution in [2.24, 2.45) is 0 Å². The molecule has 2 N–H and O–H groups in total. The van der Waals surface area contributed by atoms with E-state index in [0.717, 1.165) is 56.4 Å². The summed E-state index contributed by atoms with van der Waals surface area (Å²) in [7, 11) is 0. The Balaban J connectivity index is 1.96. The molecule has 1 aromatic carbocycles. The summed E-state index contributed by atoms with van der Waals surface area (Å²) in [4.78, 5) is 13.5. The van der Waals surface area contributed by atoms with E-state index < -0.39 is 5.97 Å². The van der Waals surface area contributed by atoms with Gasteiger partial charge in [0.1, 0.15) is 0 Å². The lowest BCUT2D eigenvalue weighted by Crippen LogP contribution is -2.32. The maximum absolute atomic E-state index is 11.2. The summed E-state index contributed by atoms with van der Waals surface area (Å²) in [6.07, 6.45) is 3.83. The molecule has 0 spiro atoms. The van der Waals surface area contributed by atoms with E-state index >= 15 is 0 Å². The van der Waals surface area contributed by atoms with Crippen LogP contribution in [0.4, 0.5) is 0 Å². The Morgan fingerprint density at radius 1 is 1.26 bits per heavy atom. The van der Waals surface area contributed by atoms with Crippen LogP contribution in [0.3, 0.4) is 0 Å². The number of aliphatic hydroxyl groups excluding tert-OH is 1. The van der Waals surface area contributed by atoms with Crippen molar-refractivity contribution in [1.29, 1.82) is 0 Å². The highest BCUT2D eigenvalue weighted by molar-refractivity contribution is 5.89. The third-order valence-corrected chi connectivity index (χ3v) is 3.71. The van der Waals surface area contributed by atoms with Gasteiger partial charge in [0.15, 0.2) is 0 Å². The highest BCUT2D eigenvalue weighted by Gasteiger charge is 2.20. The number of hydrogen-bond acceptors (Lipinski definition) is 3. The first kappa shape index (κ1) is 14.0. The number of benzene rings is 1. The van der Waals surface area contributed by atoms with Crippen LogP contribution in [0.2, 0.25) is 0 Å². The van der Waals surface area contributed by atoms with Crippen LogP contribution in [0.15, 0.2) is 18.2 Å². The summed E-state index contributed by atoms with van der Waals surface area (Å²) in [5, 5.41) is 17.9. The van der Waals surface area contributed by atoms with Gasteiger partial charge >= 0.3 is 5.97 Å². The second-order valence-corrected chi connectivity index (χ2v) is 5.06. The molecule has 4 heteroatoms. The van der Waals surface area contributed by atoms with Crippen LogP contribution in [0, 0.1) is 0 Å². The fourth-order valence-corrected chi connectivity index (χ4v) is 2.68. The Morgan fingerprint density at radius 3 is 2.84 bits per heavy atom. The summed E-state index contributed by atoms with van der Waals surface area (Å²) in [6, 6.07) is 5.55. The Kier molecular flexibility index (Phi) is 4.93. The summed E-state index contributed by atoms with van der Waals surface area (Å²) in [5.41, 5.74) is 2.60. The second kappa shape index (κ2) is 6.68. The molecule has 0 saturated heterocycles. The molecule has 0 radical (unpaired) electrons. The van der Waals surface area contributed by atoms with Crippen molar-refractivity contribution in [2.75, 3.05) is 19.7 Å². The number of aromatic carboxylic acids is 1. The molecule has 4 nitrogen and oxygen atoms in total. The van der Waals surface area contributed by atoms with Crippen LogP contribution in [0.5, 0.6) is 0 Å². The Hall–Kier alpha value is -1.39. The number of carboxylic acids is 1. The largest absolute Gasteiger partial charge is 0.478 e. The lowest BCUT2D eigenvalue weighted by molar-refractivity contribution is 0.0694. The van der Waals surface area contributed by atoms with E-state index in [1.165, 1.54) is 0 Å². The van der Waals surface area contributed by atoms with Crippen molar-refractivity contribution in [3.63, 3.8) is 0 Å². The third-order valence-electron chi connectivity index (χ3n) is 3.71. The number of rotatable bonds is 6. The molecule has 1 aromatic rings. The molecule has 0 amide bonds. The summed E-state index contributed by atoms with van der Waals surface area (Å²) < 4.78 is 0. The van der Waals surface area contributed by atoms with Gasteiger partial charge in [-0.3, -0.25) is 4.90 Å². The van der Waals surface area contributed by atoms with Crippen LogP contribution in [-0.4, -0.2) is 40.8 Å². The first-order chi connectivity index (χ1) is 9.22. The van der Waals surface area contributed by atoms with Crippen molar-refractivity contribution in [3.05, 3.63) is 34.9 Å². The molecular formula is C15H21NO3. The minimum absolute atomic E-state index is 0.269. The lowest BCUT2D eigenvalue weighted by atomic mass is 9.94. The third kappa shape index (κ3) is 3.55. The minimum atomic E-state index is -0.826. The molecule has 0 atom stereocenters. The average Bonchev–Trinajstić information content (AvgIpc) is 2.42. The average molecular weight is 263 g/mol. The number of unbranched alkanes of at least 4 members (excludes halogenated alkanes) is 2. The van der Waals surface area contributed by atoms with E-state index in [1.807, 2.05) is 12.1 Å². The topological polar surface area (TPSA) is 60.8 Å². The summed E-state index contributed by atoms with van der Waals surface area (Å²) >= 11 is 0. The van der Waals surface area contributed by atoms with Gasteiger partial charge in [-0.2, -0.15) is 0 Å². The lowest BCUT2D eigenvalue weighted by Gasteiger charge is -2.29. The van der Waals surface area contributed by atoms with Gasteiger partial charge in [0.2, 0.25) is 0 Å². The van der Waals surface area contributed by atoms with Crippen LogP contribution >= 0.6 is 0 Å². The minimum Gasteiger partial charge on any atom is -0.478 e. The van der Waals surface area contributed by atoms with Gasteiger partial charge < -0.3 is 10.2 Å². The highest BCUT2D eigenvalue weighted by Crippen LogP contribution is 2.22. The highest BCUT2D eigenvalue weighted by atomic mass is 16.4. The monoisotopic (exact) mass is 263 g/mol. The smallest absolute Gasteiger partial charge is 0.335 e. The molecule has 0 aliphatic carbocycles. The molecule has 19 heavy (non-hydrogen) atoms. The molecule has 104 valence electrons. The van der Waals surface area contributed by atoms with Crippen molar-refractivity contribution in [3.8, 4) is 0 Å². The predicted molar refractivity (Wildman–Crippen MR) is 73.3 cm³/mol. The summed E-state index contributed by atoms with van der Waals surface area (Å²) in [6.45, 7) is 3.06. The first-order valence-electron chi connectivity index (χ1n) is 6.89. The van der Waals surface area contributed by atoms with Crippen molar-refractivity contribution in [1.82, 2.24) is 4.90 Å². The van der Waals surface area contributed by atoms with Crippen molar-refractivity contribution >= 4 is 5.97 Å². The quantitative estimate of drug-likeness (QED) is 0.770. The van der Waals surface area contributed by atoms with Gasteiger partial charge in [0.25, 0.3) is 0 Å². The normalized spacial score (nSPS) is 15.2. The van der Waals surface area contributed by atoms with Gasteiger partial charge in [-0.05, 0) is 49.4 Å². The van der Waals surface area contributed by atoms with E-state index in [4.69, 9.17) is 10.2 Å². The zero-order valence-corrected chi connectivity index (χ0v) is 11.1. The van der Waals surface area contributed by atoms with Crippen LogP contribution < -0.4 is 0 Å². The molecule has 0 unspecified atom stereocenters. The van der Waals surface area contributed by atoms with Crippen LogP contribution in [0.25, 0.3) is 0 Å². The Labute approximate surface area is 113 Å². The number of carbonyl (C=O) groups is 1. The molecule has 1 aliphatic rings. The molecule has 0 fully saturated rings. The second-order valence-electron chi connectivity index (χ2n) is 5.06. The number of aliphatic hydroxyl groups is 1. The van der Waals surface area contributed by atoms with Gasteiger partial charge in [-0.25, -0.2) is 4.79 Å². The van der Waals surface area contributed by atoms with Gasteiger partial charge in [0.05, 0.1) is 5.56 Å². The fourth-order valence-electron chi connectivity index (χ4n) is 2.68. The molecule has 1 heterocycles. The zero-order valence-electron chi connectivity index (χ0n) is 11.1. The number of carboxylic acid groups (broad SMARTS) is 1. The SMILES string of the molecule is O=C(O)c1cccc2c1CCN(CCCCCO)C2. The Bertz CT molecular complexity index is 445. The van der Waals surface area contributed by atoms with E-state index in [-0.39, 0.29) is 6.61 Å². The number of nitrogens with zero attached hydrogens (tertiary/aromatic N) is 1. The standard InChI is InChI=1S/C15H21NO3/c17-10-3-1-2-8-16-9-7-13-12(11-16)5-4-6-14(13)15(18)19/h4-6,17H,1-3,7-11H2,(H,18,19). The number of fused-ring (bicyclic) bond motifs is 1. The molecule has 1 aliphatic heterocycles. The maximum Gasteiger partial charge on any atom is 0.335 e.